The van der Waals surface area contributed by atoms with E-state index in [9.17, 15) is 9.59 Å². The zero-order valence-electron chi connectivity index (χ0n) is 19.0. The third-order valence-electron chi connectivity index (χ3n) is 5.52. The van der Waals surface area contributed by atoms with E-state index in [0.29, 0.717) is 29.2 Å². The molecule has 4 rings (SSSR count). The fourth-order valence-electron chi connectivity index (χ4n) is 3.46. The second-order valence-electron chi connectivity index (χ2n) is 7.83. The van der Waals surface area contributed by atoms with Crippen LogP contribution in [-0.2, 0) is 6.61 Å². The molecule has 0 aliphatic rings. The third kappa shape index (κ3) is 5.68. The molecule has 1 aromatic heterocycles. The second-order valence-corrected chi connectivity index (χ2v) is 8.55. The van der Waals surface area contributed by atoms with Crippen LogP contribution in [0.15, 0.2) is 89.8 Å². The van der Waals surface area contributed by atoms with Crippen molar-refractivity contribution in [2.24, 2.45) is 0 Å². The average Bonchev–Trinajstić information content (AvgIpc) is 3.41. The van der Waals surface area contributed by atoms with Crippen LogP contribution in [0.1, 0.15) is 44.9 Å². The Morgan fingerprint density at radius 2 is 1.76 bits per heavy atom. The highest BCUT2D eigenvalue weighted by Crippen LogP contribution is 2.25. The molecular weight excluding hydrogens is 446 g/mol. The van der Waals surface area contributed by atoms with Gasteiger partial charge >= 0.3 is 0 Å². The maximum absolute atomic E-state index is 13.2. The Labute approximate surface area is 202 Å². The highest BCUT2D eigenvalue weighted by Gasteiger charge is 2.20. The highest BCUT2D eigenvalue weighted by molar-refractivity contribution is 7.07. The number of nitrogens with one attached hydrogen (secondary N) is 1. The number of hydrogen-bond acceptors (Lipinski definition) is 5. The van der Waals surface area contributed by atoms with Gasteiger partial charge in [-0.2, -0.15) is 0 Å². The van der Waals surface area contributed by atoms with E-state index in [1.54, 1.807) is 41.7 Å². The summed E-state index contributed by atoms with van der Waals surface area (Å²) in [6.45, 7) is 2.31. The lowest BCUT2D eigenvalue weighted by molar-refractivity contribution is 0.0742. The smallest absolute Gasteiger partial charge is 0.255 e. The normalized spacial score (nSPS) is 11.5. The molecule has 0 aliphatic carbocycles. The van der Waals surface area contributed by atoms with Crippen LogP contribution in [-0.4, -0.2) is 28.7 Å². The Balaban J connectivity index is 1.43. The molecule has 0 bridgehead atoms. The molecule has 0 saturated heterocycles. The molecule has 0 spiro atoms. The summed E-state index contributed by atoms with van der Waals surface area (Å²) in [6.07, 6.45) is 0. The molecule has 172 valence electrons. The zero-order valence-corrected chi connectivity index (χ0v) is 19.8. The van der Waals surface area contributed by atoms with E-state index < -0.39 is 0 Å². The first-order chi connectivity index (χ1) is 16.5. The monoisotopic (exact) mass is 471 g/mol. The first kappa shape index (κ1) is 23.2. The summed E-state index contributed by atoms with van der Waals surface area (Å²) >= 11 is 1.52. The lowest BCUT2D eigenvalue weighted by Crippen LogP contribution is -2.29. The van der Waals surface area contributed by atoms with Crippen LogP contribution in [0.5, 0.6) is 5.75 Å². The highest BCUT2D eigenvalue weighted by atomic mass is 32.1. The van der Waals surface area contributed by atoms with Crippen molar-refractivity contribution in [1.82, 2.24) is 9.88 Å². The van der Waals surface area contributed by atoms with Crippen molar-refractivity contribution in [3.05, 3.63) is 112 Å². The standard InChI is InChI=1S/C27H25N3O3S/c1-19(21-10-6-12-23(14-21)29-26(31)20-8-4-3-5-9-20)30(2)27(32)22-11-7-13-25(15-22)33-16-24-17-34-18-28-24/h3-15,17-19H,16H2,1-2H3,(H,29,31). The molecule has 3 aromatic carbocycles. The van der Waals surface area contributed by atoms with Crippen molar-refractivity contribution in [3.8, 4) is 5.75 Å². The molecule has 6 nitrogen and oxygen atoms in total. The van der Waals surface area contributed by atoms with Gasteiger partial charge in [0, 0.05) is 29.2 Å². The molecule has 2 amide bonds. The lowest BCUT2D eigenvalue weighted by atomic mass is 10.0. The number of rotatable bonds is 8. The van der Waals surface area contributed by atoms with Crippen LogP contribution in [0, 0.1) is 0 Å². The summed E-state index contributed by atoms with van der Waals surface area (Å²) < 4.78 is 5.79. The Bertz CT molecular complexity index is 1260. The van der Waals surface area contributed by atoms with Crippen molar-refractivity contribution in [1.29, 1.82) is 0 Å². The number of nitrogens with zero attached hydrogens (tertiary/aromatic N) is 2. The number of benzene rings is 3. The summed E-state index contributed by atoms with van der Waals surface area (Å²) in [5.41, 5.74) is 5.33. The number of anilines is 1. The average molecular weight is 472 g/mol. The number of carbonyl (C=O) groups excluding carboxylic acids is 2. The Morgan fingerprint density at radius 3 is 2.53 bits per heavy atom. The molecule has 1 N–H and O–H groups in total. The molecular formula is C27H25N3O3S. The summed E-state index contributed by atoms with van der Waals surface area (Å²) in [4.78, 5) is 31.6. The van der Waals surface area contributed by atoms with Crippen LogP contribution in [0.4, 0.5) is 5.69 Å². The van der Waals surface area contributed by atoms with E-state index in [0.717, 1.165) is 11.3 Å². The van der Waals surface area contributed by atoms with Gasteiger partial charge in [0.2, 0.25) is 0 Å². The number of thiazole rings is 1. The molecule has 1 unspecified atom stereocenters. The number of ether oxygens (including phenoxy) is 1. The summed E-state index contributed by atoms with van der Waals surface area (Å²) in [5, 5.41) is 4.85. The zero-order chi connectivity index (χ0) is 23.9. The van der Waals surface area contributed by atoms with E-state index in [1.165, 1.54) is 11.3 Å². The van der Waals surface area contributed by atoms with Crippen LogP contribution in [0.25, 0.3) is 0 Å². The summed E-state index contributed by atoms with van der Waals surface area (Å²) in [7, 11) is 1.77. The van der Waals surface area contributed by atoms with Crippen LogP contribution in [0.2, 0.25) is 0 Å². The van der Waals surface area contributed by atoms with E-state index in [2.05, 4.69) is 10.3 Å². The molecule has 0 fully saturated rings. The van der Waals surface area contributed by atoms with Crippen molar-refractivity contribution >= 4 is 28.8 Å². The number of carbonyl (C=O) groups is 2. The fraction of sp³-hybridized carbons (Fsp3) is 0.148. The molecule has 4 aromatic rings. The number of aromatic nitrogens is 1. The Kier molecular flexibility index (Phi) is 7.34. The summed E-state index contributed by atoms with van der Waals surface area (Å²) in [6, 6.07) is 23.5. The van der Waals surface area contributed by atoms with Gasteiger partial charge in [0.1, 0.15) is 12.4 Å². The number of amides is 2. The quantitative estimate of drug-likeness (QED) is 0.352. The minimum absolute atomic E-state index is 0.120. The van der Waals surface area contributed by atoms with Gasteiger partial charge in [0.25, 0.3) is 11.8 Å². The predicted octanol–water partition coefficient (Wildman–Crippen LogP) is 5.81. The van der Waals surface area contributed by atoms with Gasteiger partial charge in [0.05, 0.1) is 17.2 Å². The van der Waals surface area contributed by atoms with E-state index in [1.807, 2.05) is 66.9 Å². The van der Waals surface area contributed by atoms with Gasteiger partial charge in [-0.1, -0.05) is 36.4 Å². The molecule has 0 saturated carbocycles. The van der Waals surface area contributed by atoms with Gasteiger partial charge in [0.15, 0.2) is 0 Å². The first-order valence-corrected chi connectivity index (χ1v) is 11.8. The van der Waals surface area contributed by atoms with Crippen molar-refractivity contribution < 1.29 is 14.3 Å². The molecule has 34 heavy (non-hydrogen) atoms. The van der Waals surface area contributed by atoms with Gasteiger partial charge < -0.3 is 15.0 Å². The van der Waals surface area contributed by atoms with E-state index >= 15 is 0 Å². The van der Waals surface area contributed by atoms with Crippen LogP contribution < -0.4 is 10.1 Å². The maximum atomic E-state index is 13.2. The van der Waals surface area contributed by atoms with Crippen molar-refractivity contribution in [2.75, 3.05) is 12.4 Å². The van der Waals surface area contributed by atoms with Crippen LogP contribution >= 0.6 is 11.3 Å². The molecule has 0 radical (unpaired) electrons. The number of hydrogen-bond donors (Lipinski definition) is 1. The first-order valence-electron chi connectivity index (χ1n) is 10.8. The SMILES string of the molecule is CC(c1cccc(NC(=O)c2ccccc2)c1)N(C)C(=O)c1cccc(OCc2cscn2)c1. The molecule has 1 atom stereocenters. The lowest BCUT2D eigenvalue weighted by Gasteiger charge is -2.26. The van der Waals surface area contributed by atoms with Crippen molar-refractivity contribution in [3.63, 3.8) is 0 Å². The Hall–Kier alpha value is -3.97. The van der Waals surface area contributed by atoms with Gasteiger partial charge in [-0.3, -0.25) is 9.59 Å². The topological polar surface area (TPSA) is 71.5 Å². The minimum atomic E-state index is -0.208. The second kappa shape index (κ2) is 10.8. The minimum Gasteiger partial charge on any atom is -0.487 e. The van der Waals surface area contributed by atoms with E-state index in [-0.39, 0.29) is 17.9 Å². The predicted molar refractivity (Wildman–Crippen MR) is 134 cm³/mol. The van der Waals surface area contributed by atoms with E-state index in [4.69, 9.17) is 4.74 Å². The van der Waals surface area contributed by atoms with Gasteiger partial charge in [-0.15, -0.1) is 11.3 Å². The maximum Gasteiger partial charge on any atom is 0.255 e. The Morgan fingerprint density at radius 1 is 1.00 bits per heavy atom. The molecule has 7 heteroatoms. The van der Waals surface area contributed by atoms with Gasteiger partial charge in [-0.25, -0.2) is 4.98 Å². The molecule has 0 aliphatic heterocycles. The van der Waals surface area contributed by atoms with Crippen molar-refractivity contribution in [2.45, 2.75) is 19.6 Å². The van der Waals surface area contributed by atoms with Crippen LogP contribution in [0.3, 0.4) is 0 Å². The largest absolute Gasteiger partial charge is 0.487 e. The molecule has 1 heterocycles. The summed E-state index contributed by atoms with van der Waals surface area (Å²) in [5.74, 6) is 0.320. The third-order valence-corrected chi connectivity index (χ3v) is 6.15. The fourth-order valence-corrected chi connectivity index (χ4v) is 4.00. The van der Waals surface area contributed by atoms with Gasteiger partial charge in [-0.05, 0) is 55.0 Å².